The third-order valence-corrected chi connectivity index (χ3v) is 2.86. The number of ether oxygens (including phenoxy) is 1. The van der Waals surface area contributed by atoms with Crippen molar-refractivity contribution in [2.45, 2.75) is 6.18 Å². The predicted molar refractivity (Wildman–Crippen MR) is 77.3 cm³/mol. The highest BCUT2D eigenvalue weighted by atomic mass is 19.4. The van der Waals surface area contributed by atoms with E-state index < -0.39 is 11.7 Å². The molecule has 0 aromatic heterocycles. The number of nitrogens with zero attached hydrogens (tertiary/aromatic N) is 1. The summed E-state index contributed by atoms with van der Waals surface area (Å²) in [6.45, 7) is 0. The van der Waals surface area contributed by atoms with Gasteiger partial charge in [-0.2, -0.15) is 18.3 Å². The van der Waals surface area contributed by atoms with Gasteiger partial charge in [0.2, 0.25) is 0 Å². The van der Waals surface area contributed by atoms with E-state index in [-0.39, 0.29) is 5.75 Å². The predicted octanol–water partition coefficient (Wildman–Crippen LogP) is 3.87. The maximum Gasteiger partial charge on any atom is 0.416 e. The van der Waals surface area contributed by atoms with Crippen molar-refractivity contribution in [2.24, 2.45) is 5.10 Å². The molecule has 0 aliphatic rings. The van der Waals surface area contributed by atoms with Crippen molar-refractivity contribution in [1.82, 2.24) is 0 Å². The lowest BCUT2D eigenvalue weighted by atomic mass is 10.2. The minimum absolute atomic E-state index is 0.0667. The Hall–Kier alpha value is -2.70. The zero-order chi connectivity index (χ0) is 16.2. The van der Waals surface area contributed by atoms with Crippen LogP contribution in [0.2, 0.25) is 0 Å². The van der Waals surface area contributed by atoms with Gasteiger partial charge in [-0.05, 0) is 36.4 Å². The number of alkyl halides is 3. The Morgan fingerprint density at radius 1 is 1.14 bits per heavy atom. The molecule has 0 atom stereocenters. The van der Waals surface area contributed by atoms with E-state index in [1.54, 1.807) is 18.2 Å². The fraction of sp³-hybridized carbons (Fsp3) is 0.133. The monoisotopic (exact) mass is 310 g/mol. The molecular formula is C15H13F3N2O2. The maximum atomic E-state index is 12.4. The number of methoxy groups -OCH3 is 1. The van der Waals surface area contributed by atoms with Gasteiger partial charge in [-0.3, -0.25) is 5.43 Å². The van der Waals surface area contributed by atoms with E-state index in [0.29, 0.717) is 17.0 Å². The minimum Gasteiger partial charge on any atom is -0.504 e. The molecule has 0 spiro atoms. The largest absolute Gasteiger partial charge is 0.504 e. The molecule has 2 aromatic rings. The fourth-order valence-corrected chi connectivity index (χ4v) is 1.72. The molecule has 0 aliphatic carbocycles. The second-order valence-electron chi connectivity index (χ2n) is 4.34. The van der Waals surface area contributed by atoms with E-state index in [2.05, 4.69) is 10.5 Å². The number of para-hydroxylation sites is 1. The van der Waals surface area contributed by atoms with Crippen molar-refractivity contribution < 1.29 is 23.0 Å². The smallest absolute Gasteiger partial charge is 0.416 e. The number of aromatic hydroxyl groups is 1. The zero-order valence-electron chi connectivity index (χ0n) is 11.6. The summed E-state index contributed by atoms with van der Waals surface area (Å²) < 4.78 is 42.2. The molecule has 0 saturated carbocycles. The first kappa shape index (κ1) is 15.7. The van der Waals surface area contributed by atoms with Crippen molar-refractivity contribution in [2.75, 3.05) is 12.5 Å². The van der Waals surface area contributed by atoms with E-state index in [1.807, 2.05) is 0 Å². The first-order valence-corrected chi connectivity index (χ1v) is 6.24. The molecule has 2 aromatic carbocycles. The van der Waals surface area contributed by atoms with Gasteiger partial charge in [0, 0.05) is 5.56 Å². The molecule has 116 valence electrons. The van der Waals surface area contributed by atoms with Crippen molar-refractivity contribution in [3.05, 3.63) is 53.6 Å². The van der Waals surface area contributed by atoms with Crippen molar-refractivity contribution in [1.29, 1.82) is 0 Å². The molecule has 22 heavy (non-hydrogen) atoms. The number of anilines is 1. The Balaban J connectivity index is 2.07. The van der Waals surface area contributed by atoms with Crippen LogP contribution in [0.25, 0.3) is 0 Å². The van der Waals surface area contributed by atoms with Crippen LogP contribution >= 0.6 is 0 Å². The van der Waals surface area contributed by atoms with Gasteiger partial charge < -0.3 is 9.84 Å². The van der Waals surface area contributed by atoms with Crippen LogP contribution < -0.4 is 10.2 Å². The van der Waals surface area contributed by atoms with Crippen molar-refractivity contribution in [3.8, 4) is 11.5 Å². The Morgan fingerprint density at radius 3 is 2.41 bits per heavy atom. The van der Waals surface area contributed by atoms with Crippen LogP contribution in [0.1, 0.15) is 11.1 Å². The number of hydrazone groups is 1. The van der Waals surface area contributed by atoms with E-state index in [1.165, 1.54) is 25.5 Å². The minimum atomic E-state index is -4.37. The van der Waals surface area contributed by atoms with Crippen LogP contribution in [-0.4, -0.2) is 18.4 Å². The van der Waals surface area contributed by atoms with Gasteiger partial charge in [-0.25, -0.2) is 0 Å². The van der Waals surface area contributed by atoms with E-state index in [9.17, 15) is 18.3 Å². The van der Waals surface area contributed by atoms with Crippen LogP contribution in [0.5, 0.6) is 11.5 Å². The zero-order valence-corrected chi connectivity index (χ0v) is 11.6. The topological polar surface area (TPSA) is 53.8 Å². The summed E-state index contributed by atoms with van der Waals surface area (Å²) in [6, 6.07) is 9.35. The summed E-state index contributed by atoms with van der Waals surface area (Å²) in [6.07, 6.45) is -3.02. The van der Waals surface area contributed by atoms with E-state index >= 15 is 0 Å². The molecule has 4 nitrogen and oxygen atoms in total. The molecule has 0 saturated heterocycles. The second kappa shape index (κ2) is 6.38. The number of benzene rings is 2. The Labute approximate surface area is 124 Å². The summed E-state index contributed by atoms with van der Waals surface area (Å²) >= 11 is 0. The standard InChI is InChI=1S/C15H13F3N2O2/c1-22-13-4-2-3-10(14(13)21)9-19-20-12-7-5-11(6-8-12)15(16,17)18/h2-9,20-21H,1H3. The molecule has 0 fully saturated rings. The number of rotatable bonds is 4. The molecule has 7 heteroatoms. The van der Waals surface area contributed by atoms with Gasteiger partial charge in [-0.15, -0.1) is 0 Å². The number of hydrogen-bond acceptors (Lipinski definition) is 4. The molecular weight excluding hydrogens is 297 g/mol. The van der Waals surface area contributed by atoms with Gasteiger partial charge >= 0.3 is 6.18 Å². The quantitative estimate of drug-likeness (QED) is 0.666. The van der Waals surface area contributed by atoms with Gasteiger partial charge in [-0.1, -0.05) is 6.07 Å². The molecule has 0 heterocycles. The molecule has 0 amide bonds. The number of phenolic OH excluding ortho intramolecular Hbond substituents is 1. The van der Waals surface area contributed by atoms with E-state index in [4.69, 9.17) is 4.74 Å². The SMILES string of the molecule is COc1cccc(C=NNc2ccc(C(F)(F)F)cc2)c1O. The summed E-state index contributed by atoms with van der Waals surface area (Å²) in [7, 11) is 1.43. The first-order valence-electron chi connectivity index (χ1n) is 6.24. The lowest BCUT2D eigenvalue weighted by Crippen LogP contribution is -2.04. The summed E-state index contributed by atoms with van der Waals surface area (Å²) in [5, 5.41) is 13.7. The average molecular weight is 310 g/mol. The van der Waals surface area contributed by atoms with Gasteiger partial charge in [0.05, 0.1) is 24.6 Å². The number of nitrogens with one attached hydrogen (secondary N) is 1. The molecule has 0 unspecified atom stereocenters. The third-order valence-electron chi connectivity index (χ3n) is 2.86. The maximum absolute atomic E-state index is 12.4. The number of halogens is 3. The molecule has 0 aliphatic heterocycles. The van der Waals surface area contributed by atoms with Crippen LogP contribution in [0, 0.1) is 0 Å². The van der Waals surface area contributed by atoms with Crippen LogP contribution in [-0.2, 0) is 6.18 Å². The number of phenols is 1. The Bertz CT molecular complexity index is 667. The normalized spacial score (nSPS) is 11.6. The van der Waals surface area contributed by atoms with Crippen LogP contribution in [0.15, 0.2) is 47.6 Å². The Morgan fingerprint density at radius 2 is 1.82 bits per heavy atom. The van der Waals surface area contributed by atoms with Gasteiger partial charge in [0.1, 0.15) is 0 Å². The highest BCUT2D eigenvalue weighted by Gasteiger charge is 2.29. The number of hydrogen-bond donors (Lipinski definition) is 2. The summed E-state index contributed by atoms with van der Waals surface area (Å²) in [4.78, 5) is 0. The van der Waals surface area contributed by atoms with Crippen LogP contribution in [0.3, 0.4) is 0 Å². The summed E-state index contributed by atoms with van der Waals surface area (Å²) in [5.41, 5.74) is 2.67. The lowest BCUT2D eigenvalue weighted by Gasteiger charge is -2.07. The average Bonchev–Trinajstić information content (AvgIpc) is 2.48. The van der Waals surface area contributed by atoms with Gasteiger partial charge in [0.25, 0.3) is 0 Å². The fourth-order valence-electron chi connectivity index (χ4n) is 1.72. The first-order chi connectivity index (χ1) is 10.4. The summed E-state index contributed by atoms with van der Waals surface area (Å²) in [5.74, 6) is 0.237. The Kier molecular flexibility index (Phi) is 4.55. The molecule has 2 N–H and O–H groups in total. The second-order valence-corrected chi connectivity index (χ2v) is 4.34. The molecule has 2 rings (SSSR count). The van der Waals surface area contributed by atoms with Crippen LogP contribution in [0.4, 0.5) is 18.9 Å². The third kappa shape index (κ3) is 3.69. The lowest BCUT2D eigenvalue weighted by molar-refractivity contribution is -0.137. The highest BCUT2D eigenvalue weighted by molar-refractivity contribution is 5.85. The van der Waals surface area contributed by atoms with Crippen molar-refractivity contribution >= 4 is 11.9 Å². The van der Waals surface area contributed by atoms with Crippen molar-refractivity contribution in [3.63, 3.8) is 0 Å². The molecule has 0 radical (unpaired) electrons. The van der Waals surface area contributed by atoms with E-state index in [0.717, 1.165) is 12.1 Å². The van der Waals surface area contributed by atoms with Gasteiger partial charge in [0.15, 0.2) is 11.5 Å². The highest BCUT2D eigenvalue weighted by Crippen LogP contribution is 2.30. The molecule has 0 bridgehead atoms.